The molecule has 0 aromatic heterocycles. The Morgan fingerprint density at radius 1 is 1.17 bits per heavy atom. The molecule has 13 heteroatoms. The number of likely N-dealkylation sites (N-methyl/N-ethyl adjacent to an activating group) is 1. The third-order valence-electron chi connectivity index (χ3n) is 6.85. The van der Waals surface area contributed by atoms with Crippen molar-refractivity contribution in [3.8, 4) is 5.75 Å². The van der Waals surface area contributed by atoms with Gasteiger partial charge < -0.3 is 36.8 Å². The number of aliphatic hydroxyl groups is 3. The second-order valence-corrected chi connectivity index (χ2v) is 8.80. The van der Waals surface area contributed by atoms with Crippen LogP contribution in [-0.4, -0.2) is 69.1 Å². The lowest BCUT2D eigenvalue weighted by Gasteiger charge is -2.48. The second-order valence-electron chi connectivity index (χ2n) is 8.80. The number of phenols is 1. The molecule has 1 aromatic rings. The Labute approximate surface area is 212 Å². The number of rotatable bonds is 4. The van der Waals surface area contributed by atoms with Crippen LogP contribution in [0.1, 0.15) is 36.3 Å². The van der Waals surface area contributed by atoms with Crippen molar-refractivity contribution in [2.75, 3.05) is 18.9 Å². The van der Waals surface area contributed by atoms with Gasteiger partial charge in [-0.05, 0) is 31.5 Å². The highest BCUT2D eigenvalue weighted by Gasteiger charge is 2.62. The smallest absolute Gasteiger partial charge is 0.238 e. The van der Waals surface area contributed by atoms with Crippen molar-refractivity contribution in [3.63, 3.8) is 0 Å². The van der Waals surface area contributed by atoms with Gasteiger partial charge in [-0.15, -0.1) is 24.8 Å². The number of hydrogen-bond donors (Lipinski definition) is 7. The van der Waals surface area contributed by atoms with Crippen molar-refractivity contribution in [2.24, 2.45) is 17.6 Å². The summed E-state index contributed by atoms with van der Waals surface area (Å²) in [5, 5.41) is 48.1. The SMILES string of the molecule is CNCC(=O)Nc1ccc2c(c1O)C(O)=C1C(=O)C3(O)C(=O)CC(O)CC3CC1C2C(N)=O.Cl.Cl. The van der Waals surface area contributed by atoms with E-state index in [1.165, 1.54) is 12.1 Å². The lowest BCUT2D eigenvalue weighted by molar-refractivity contribution is -0.167. The van der Waals surface area contributed by atoms with Crippen LogP contribution in [0, 0.1) is 11.8 Å². The maximum absolute atomic E-state index is 13.4. The topological polar surface area (TPSA) is 199 Å². The van der Waals surface area contributed by atoms with Crippen LogP contribution >= 0.6 is 24.8 Å². The van der Waals surface area contributed by atoms with E-state index in [2.05, 4.69) is 10.6 Å². The first-order valence-electron chi connectivity index (χ1n) is 10.5. The van der Waals surface area contributed by atoms with E-state index in [0.29, 0.717) is 0 Å². The number of nitrogens with two attached hydrogens (primary N) is 1. The number of carbonyl (C=O) groups is 4. The number of Topliss-reactive ketones (excluding diaryl/α,β-unsaturated/α-hetero) is 2. The number of aromatic hydroxyl groups is 1. The predicted molar refractivity (Wildman–Crippen MR) is 128 cm³/mol. The molecule has 2 fully saturated rings. The molecule has 0 radical (unpaired) electrons. The van der Waals surface area contributed by atoms with Gasteiger partial charge in [-0.2, -0.15) is 0 Å². The molecular formula is C22H27Cl2N3O8. The number of amides is 2. The number of halogens is 2. The number of anilines is 1. The average Bonchev–Trinajstić information content (AvgIpc) is 2.72. The molecular weight excluding hydrogens is 505 g/mol. The molecule has 5 unspecified atom stereocenters. The standard InChI is InChI=1S/C22H25N3O8.2ClH/c1-24-7-14(28)25-12-3-2-10-15(21(23)32)11-5-8-4-9(26)6-13(27)22(8,33)20(31)17(11)19(30)16(10)18(12)29;;/h2-3,8-9,11,15,24,26,29-30,33H,4-7H2,1H3,(H2,23,32)(H,25,28);2*1H. The summed E-state index contributed by atoms with van der Waals surface area (Å²) in [6, 6.07) is 2.77. The van der Waals surface area contributed by atoms with Crippen LogP contribution in [0.2, 0.25) is 0 Å². The molecule has 2 saturated carbocycles. The quantitative estimate of drug-likeness (QED) is 0.204. The zero-order valence-electron chi connectivity index (χ0n) is 18.6. The van der Waals surface area contributed by atoms with Crippen molar-refractivity contribution >= 4 is 59.6 Å². The van der Waals surface area contributed by atoms with E-state index in [0.717, 1.165) is 0 Å². The first kappa shape index (κ1) is 28.5. The second kappa shape index (κ2) is 10.1. The Bertz CT molecular complexity index is 1120. The zero-order chi connectivity index (χ0) is 24.2. The molecule has 1 aromatic carbocycles. The van der Waals surface area contributed by atoms with Crippen LogP contribution in [-0.2, 0) is 19.2 Å². The fourth-order valence-corrected chi connectivity index (χ4v) is 5.42. The van der Waals surface area contributed by atoms with Crippen LogP contribution < -0.4 is 16.4 Å². The number of ketones is 2. The molecule has 0 bridgehead atoms. The van der Waals surface area contributed by atoms with Crippen LogP contribution in [0.5, 0.6) is 5.75 Å². The number of benzene rings is 1. The number of carbonyl (C=O) groups excluding carboxylic acids is 4. The van der Waals surface area contributed by atoms with Crippen LogP contribution in [0.3, 0.4) is 0 Å². The summed E-state index contributed by atoms with van der Waals surface area (Å²) in [5.74, 6) is -7.61. The molecule has 0 aliphatic heterocycles. The van der Waals surface area contributed by atoms with Crippen molar-refractivity contribution < 1.29 is 39.6 Å². The molecule has 3 aliphatic carbocycles. The summed E-state index contributed by atoms with van der Waals surface area (Å²) < 4.78 is 0. The van der Waals surface area contributed by atoms with Gasteiger partial charge in [0.2, 0.25) is 17.6 Å². The highest BCUT2D eigenvalue weighted by molar-refractivity contribution is 6.22. The Morgan fingerprint density at radius 2 is 1.83 bits per heavy atom. The maximum Gasteiger partial charge on any atom is 0.238 e. The lowest BCUT2D eigenvalue weighted by Crippen LogP contribution is -2.62. The van der Waals surface area contributed by atoms with E-state index in [-0.39, 0.29) is 66.6 Å². The third kappa shape index (κ3) is 4.27. The van der Waals surface area contributed by atoms with Crippen molar-refractivity contribution in [1.82, 2.24) is 5.32 Å². The minimum Gasteiger partial charge on any atom is -0.507 e. The van der Waals surface area contributed by atoms with Crippen LogP contribution in [0.4, 0.5) is 5.69 Å². The Kier molecular flexibility index (Phi) is 8.25. The highest BCUT2D eigenvalue weighted by Crippen LogP contribution is 2.55. The summed E-state index contributed by atoms with van der Waals surface area (Å²) in [5.41, 5.74) is 2.64. The van der Waals surface area contributed by atoms with Gasteiger partial charge in [-0.3, -0.25) is 19.2 Å². The lowest BCUT2D eigenvalue weighted by atomic mass is 9.56. The average molecular weight is 532 g/mol. The van der Waals surface area contributed by atoms with Gasteiger partial charge in [0.25, 0.3) is 0 Å². The minimum absolute atomic E-state index is 0. The summed E-state index contributed by atoms with van der Waals surface area (Å²) in [7, 11) is 1.55. The van der Waals surface area contributed by atoms with E-state index in [9.17, 15) is 39.6 Å². The first-order valence-corrected chi connectivity index (χ1v) is 10.5. The van der Waals surface area contributed by atoms with Crippen molar-refractivity contribution in [1.29, 1.82) is 0 Å². The number of aliphatic hydroxyl groups excluding tert-OH is 2. The van der Waals surface area contributed by atoms with E-state index in [4.69, 9.17) is 5.73 Å². The first-order chi connectivity index (χ1) is 15.5. The Hall–Kier alpha value is -2.70. The molecule has 5 atom stereocenters. The number of nitrogens with one attached hydrogen (secondary N) is 2. The minimum atomic E-state index is -2.45. The Morgan fingerprint density at radius 3 is 2.43 bits per heavy atom. The molecule has 4 rings (SSSR count). The summed E-state index contributed by atoms with van der Waals surface area (Å²) in [6.07, 6.45) is -1.54. The Balaban J connectivity index is 0.00000216. The number of primary amides is 1. The molecule has 0 spiro atoms. The van der Waals surface area contributed by atoms with Gasteiger partial charge in [0.05, 0.1) is 29.8 Å². The monoisotopic (exact) mass is 531 g/mol. The molecule has 0 heterocycles. The molecule has 8 N–H and O–H groups in total. The number of fused-ring (bicyclic) bond motifs is 3. The normalized spacial score (nSPS) is 29.1. The molecule has 3 aliphatic rings. The molecule has 35 heavy (non-hydrogen) atoms. The summed E-state index contributed by atoms with van der Waals surface area (Å²) in [4.78, 5) is 50.4. The summed E-state index contributed by atoms with van der Waals surface area (Å²) >= 11 is 0. The fourth-order valence-electron chi connectivity index (χ4n) is 5.42. The highest BCUT2D eigenvalue weighted by atomic mass is 35.5. The molecule has 192 valence electrons. The van der Waals surface area contributed by atoms with E-state index in [1.807, 2.05) is 0 Å². The van der Waals surface area contributed by atoms with Crippen LogP contribution in [0.25, 0.3) is 5.76 Å². The fraction of sp³-hybridized carbons (Fsp3) is 0.455. The van der Waals surface area contributed by atoms with E-state index in [1.54, 1.807) is 7.05 Å². The van der Waals surface area contributed by atoms with Gasteiger partial charge in [0.15, 0.2) is 11.4 Å². The van der Waals surface area contributed by atoms with Crippen molar-refractivity contribution in [3.05, 3.63) is 28.8 Å². The van der Waals surface area contributed by atoms with Gasteiger partial charge in [0.1, 0.15) is 11.5 Å². The number of phenolic OH excluding ortho intramolecular Hbond substituents is 1. The van der Waals surface area contributed by atoms with Gasteiger partial charge in [-0.1, -0.05) is 6.07 Å². The molecule has 11 nitrogen and oxygen atoms in total. The van der Waals surface area contributed by atoms with Gasteiger partial charge >= 0.3 is 0 Å². The van der Waals surface area contributed by atoms with Gasteiger partial charge in [0, 0.05) is 23.8 Å². The summed E-state index contributed by atoms with van der Waals surface area (Å²) in [6.45, 7) is -0.0591. The number of hydrogen-bond acceptors (Lipinski definition) is 9. The maximum atomic E-state index is 13.4. The van der Waals surface area contributed by atoms with Crippen LogP contribution in [0.15, 0.2) is 17.7 Å². The van der Waals surface area contributed by atoms with E-state index >= 15 is 0 Å². The molecule has 2 amide bonds. The predicted octanol–water partition coefficient (Wildman–Crippen LogP) is -0.0946. The largest absolute Gasteiger partial charge is 0.507 e. The third-order valence-corrected chi connectivity index (χ3v) is 6.85. The van der Waals surface area contributed by atoms with Crippen molar-refractivity contribution in [2.45, 2.75) is 36.9 Å². The van der Waals surface area contributed by atoms with Gasteiger partial charge in [-0.25, -0.2) is 0 Å². The zero-order valence-corrected chi connectivity index (χ0v) is 20.2. The molecule has 0 saturated heterocycles. The van der Waals surface area contributed by atoms with E-state index < -0.39 is 70.8 Å².